The van der Waals surface area contributed by atoms with Gasteiger partial charge in [-0.05, 0) is 25.8 Å². The van der Waals surface area contributed by atoms with E-state index in [0.29, 0.717) is 25.6 Å². The number of hydrogen-bond acceptors (Lipinski definition) is 4. The predicted molar refractivity (Wildman–Crippen MR) is 77.7 cm³/mol. The Morgan fingerprint density at radius 2 is 1.58 bits per heavy atom. The number of nitrogens with zero attached hydrogens (tertiary/aromatic N) is 3. The minimum atomic E-state index is -3.04. The molecule has 2 fully saturated rings. The van der Waals surface area contributed by atoms with E-state index in [1.807, 2.05) is 0 Å². The number of likely N-dealkylation sites (N-methyl/N-ethyl adjacent to an activating group) is 1. The van der Waals surface area contributed by atoms with E-state index in [4.69, 9.17) is 0 Å². The Morgan fingerprint density at radius 3 is 2.16 bits per heavy atom. The summed E-state index contributed by atoms with van der Waals surface area (Å²) >= 11 is 0. The van der Waals surface area contributed by atoms with Crippen LogP contribution in [0.15, 0.2) is 0 Å². The molecular weight excluding hydrogens is 262 g/mol. The van der Waals surface area contributed by atoms with Crippen LogP contribution in [-0.4, -0.2) is 81.1 Å². The summed E-state index contributed by atoms with van der Waals surface area (Å²) in [4.78, 5) is 4.56. The topological polar surface area (TPSA) is 43.9 Å². The van der Waals surface area contributed by atoms with Crippen LogP contribution in [0.25, 0.3) is 0 Å². The zero-order valence-corrected chi connectivity index (χ0v) is 13.0. The Balaban J connectivity index is 1.78. The summed E-state index contributed by atoms with van der Waals surface area (Å²) in [5.74, 6) is 0.953. The summed E-state index contributed by atoms with van der Waals surface area (Å²) in [6, 6.07) is 0. The fourth-order valence-corrected chi connectivity index (χ4v) is 4.22. The van der Waals surface area contributed by atoms with Crippen LogP contribution in [0.4, 0.5) is 0 Å². The Labute approximate surface area is 117 Å². The quantitative estimate of drug-likeness (QED) is 0.746. The van der Waals surface area contributed by atoms with Gasteiger partial charge in [-0.25, -0.2) is 12.7 Å². The van der Waals surface area contributed by atoms with Crippen LogP contribution in [0.3, 0.4) is 0 Å². The minimum Gasteiger partial charge on any atom is -0.304 e. The van der Waals surface area contributed by atoms with Crippen LogP contribution in [0.2, 0.25) is 0 Å². The number of piperazine rings is 1. The fraction of sp³-hybridized carbons (Fsp3) is 1.00. The summed E-state index contributed by atoms with van der Waals surface area (Å²) in [7, 11) is -0.928. The number of hydrogen-bond donors (Lipinski definition) is 0. The van der Waals surface area contributed by atoms with E-state index in [1.165, 1.54) is 0 Å². The molecule has 0 aliphatic carbocycles. The molecule has 0 unspecified atom stereocenters. The van der Waals surface area contributed by atoms with Gasteiger partial charge in [-0.1, -0.05) is 6.92 Å². The summed E-state index contributed by atoms with van der Waals surface area (Å²) in [6.07, 6.45) is 2.02. The molecule has 6 heteroatoms. The average Bonchev–Trinajstić information content (AvgIpc) is 2.39. The molecule has 0 N–H and O–H groups in total. The van der Waals surface area contributed by atoms with Gasteiger partial charge < -0.3 is 4.90 Å². The fourth-order valence-electron chi connectivity index (χ4n) is 2.71. The van der Waals surface area contributed by atoms with Crippen molar-refractivity contribution in [1.29, 1.82) is 0 Å². The van der Waals surface area contributed by atoms with Crippen molar-refractivity contribution in [1.82, 2.24) is 14.1 Å². The van der Waals surface area contributed by atoms with E-state index in [1.54, 1.807) is 4.31 Å². The van der Waals surface area contributed by atoms with Crippen molar-refractivity contribution in [3.63, 3.8) is 0 Å². The lowest BCUT2D eigenvalue weighted by Gasteiger charge is -2.33. The molecule has 19 heavy (non-hydrogen) atoms. The molecule has 2 aliphatic rings. The molecular formula is C13H27N3O2S. The molecule has 2 saturated heterocycles. The third kappa shape index (κ3) is 4.41. The zero-order chi connectivity index (χ0) is 13.9. The molecule has 0 aromatic rings. The van der Waals surface area contributed by atoms with Crippen LogP contribution in [0, 0.1) is 5.92 Å². The van der Waals surface area contributed by atoms with Crippen molar-refractivity contribution in [2.24, 2.45) is 5.92 Å². The molecule has 2 rings (SSSR count). The van der Waals surface area contributed by atoms with Crippen LogP contribution in [0.1, 0.15) is 19.8 Å². The summed E-state index contributed by atoms with van der Waals surface area (Å²) < 4.78 is 26.3. The van der Waals surface area contributed by atoms with Crippen molar-refractivity contribution >= 4 is 10.0 Å². The Kier molecular flexibility index (Phi) is 5.22. The lowest BCUT2D eigenvalue weighted by Crippen LogP contribution is -2.47. The molecule has 0 atom stereocenters. The highest BCUT2D eigenvalue weighted by atomic mass is 32.2. The largest absolute Gasteiger partial charge is 0.304 e. The zero-order valence-electron chi connectivity index (χ0n) is 12.2. The number of piperidine rings is 1. The highest BCUT2D eigenvalue weighted by molar-refractivity contribution is 7.89. The van der Waals surface area contributed by atoms with Gasteiger partial charge in [0, 0.05) is 45.8 Å². The molecule has 2 heterocycles. The molecule has 0 spiro atoms. The van der Waals surface area contributed by atoms with Crippen LogP contribution >= 0.6 is 0 Å². The Morgan fingerprint density at radius 1 is 1.00 bits per heavy atom. The van der Waals surface area contributed by atoms with Gasteiger partial charge in [0.25, 0.3) is 0 Å². The van der Waals surface area contributed by atoms with E-state index < -0.39 is 10.0 Å². The number of rotatable bonds is 4. The summed E-state index contributed by atoms with van der Waals surface area (Å²) in [5.41, 5.74) is 0. The van der Waals surface area contributed by atoms with Crippen molar-refractivity contribution < 1.29 is 8.42 Å². The third-order valence-corrected chi connectivity index (χ3v) is 6.25. The molecule has 0 saturated carbocycles. The first-order valence-electron chi connectivity index (χ1n) is 7.36. The van der Waals surface area contributed by atoms with Gasteiger partial charge in [0.1, 0.15) is 0 Å². The summed E-state index contributed by atoms with van der Waals surface area (Å²) in [5, 5.41) is 0. The normalized spacial score (nSPS) is 25.8. The molecule has 5 nitrogen and oxygen atoms in total. The van der Waals surface area contributed by atoms with Crippen LogP contribution < -0.4 is 0 Å². The molecule has 0 aromatic carbocycles. The van der Waals surface area contributed by atoms with E-state index >= 15 is 0 Å². The SMILES string of the molecule is CC1CCN(S(=O)(=O)CCN2CCN(C)CC2)CC1. The first-order chi connectivity index (χ1) is 8.97. The lowest BCUT2D eigenvalue weighted by molar-refractivity contribution is 0.160. The van der Waals surface area contributed by atoms with Crippen molar-refractivity contribution in [2.75, 3.05) is 58.6 Å². The monoisotopic (exact) mass is 289 g/mol. The van der Waals surface area contributed by atoms with E-state index in [0.717, 1.165) is 39.0 Å². The Bertz CT molecular complexity index is 369. The van der Waals surface area contributed by atoms with Crippen molar-refractivity contribution in [3.05, 3.63) is 0 Å². The number of sulfonamides is 1. The average molecular weight is 289 g/mol. The van der Waals surface area contributed by atoms with Gasteiger partial charge in [0.2, 0.25) is 10.0 Å². The van der Waals surface area contributed by atoms with Crippen molar-refractivity contribution in [3.8, 4) is 0 Å². The minimum absolute atomic E-state index is 0.283. The highest BCUT2D eigenvalue weighted by Gasteiger charge is 2.27. The molecule has 0 amide bonds. The smallest absolute Gasteiger partial charge is 0.215 e. The van der Waals surface area contributed by atoms with Gasteiger partial charge in [-0.3, -0.25) is 4.90 Å². The van der Waals surface area contributed by atoms with E-state index in [-0.39, 0.29) is 5.75 Å². The van der Waals surface area contributed by atoms with Crippen LogP contribution in [0.5, 0.6) is 0 Å². The first-order valence-corrected chi connectivity index (χ1v) is 8.97. The lowest BCUT2D eigenvalue weighted by atomic mass is 10.0. The second-order valence-corrected chi connectivity index (χ2v) is 8.13. The molecule has 2 aliphatic heterocycles. The van der Waals surface area contributed by atoms with Gasteiger partial charge in [0.05, 0.1) is 5.75 Å². The summed E-state index contributed by atoms with van der Waals surface area (Å²) in [6.45, 7) is 8.38. The third-order valence-electron chi connectivity index (χ3n) is 4.40. The maximum Gasteiger partial charge on any atom is 0.215 e. The highest BCUT2D eigenvalue weighted by Crippen LogP contribution is 2.19. The van der Waals surface area contributed by atoms with E-state index in [9.17, 15) is 8.42 Å². The Hall–Kier alpha value is -0.170. The second kappa shape index (κ2) is 6.52. The molecule has 0 radical (unpaired) electrons. The van der Waals surface area contributed by atoms with Gasteiger partial charge in [0.15, 0.2) is 0 Å². The van der Waals surface area contributed by atoms with Gasteiger partial charge >= 0.3 is 0 Å². The van der Waals surface area contributed by atoms with Crippen LogP contribution in [-0.2, 0) is 10.0 Å². The molecule has 0 bridgehead atoms. The van der Waals surface area contributed by atoms with Gasteiger partial charge in [-0.2, -0.15) is 0 Å². The first kappa shape index (κ1) is 15.2. The molecule has 112 valence electrons. The maximum absolute atomic E-state index is 12.3. The maximum atomic E-state index is 12.3. The standard InChI is InChI=1S/C13H27N3O2S/c1-13-3-5-16(6-4-13)19(17,18)12-11-15-9-7-14(2)8-10-15/h13H,3-12H2,1-2H3. The molecule has 0 aromatic heterocycles. The van der Waals surface area contributed by atoms with Gasteiger partial charge in [-0.15, -0.1) is 0 Å². The second-order valence-electron chi connectivity index (χ2n) is 6.04. The predicted octanol–water partition coefficient (Wildman–Crippen LogP) is 0.296. The van der Waals surface area contributed by atoms with E-state index in [2.05, 4.69) is 23.8 Å². The van der Waals surface area contributed by atoms with Crippen molar-refractivity contribution in [2.45, 2.75) is 19.8 Å².